The van der Waals surface area contributed by atoms with E-state index in [1.807, 2.05) is 5.38 Å². The molecule has 5 heteroatoms. The van der Waals surface area contributed by atoms with Crippen molar-refractivity contribution in [1.82, 2.24) is 10.3 Å². The van der Waals surface area contributed by atoms with Gasteiger partial charge in [0, 0.05) is 30.5 Å². The highest BCUT2D eigenvalue weighted by atomic mass is 32.1. The molecular weight excluding hydrogens is 260 g/mol. The van der Waals surface area contributed by atoms with Crippen LogP contribution in [0.15, 0.2) is 11.6 Å². The van der Waals surface area contributed by atoms with E-state index < -0.39 is 0 Å². The molecule has 106 valence electrons. The molecule has 0 unspecified atom stereocenters. The molecule has 0 radical (unpaired) electrons. The highest BCUT2D eigenvalue weighted by molar-refractivity contribution is 7.09. The number of hydrogen-bond donors (Lipinski definition) is 2. The summed E-state index contributed by atoms with van der Waals surface area (Å²) < 4.78 is 0. The van der Waals surface area contributed by atoms with E-state index in [2.05, 4.69) is 10.3 Å². The van der Waals surface area contributed by atoms with E-state index in [1.165, 1.54) is 6.42 Å². The number of thiazole rings is 1. The highest BCUT2D eigenvalue weighted by Crippen LogP contribution is 2.23. The molecule has 1 aromatic rings. The van der Waals surface area contributed by atoms with Gasteiger partial charge in [-0.2, -0.15) is 0 Å². The van der Waals surface area contributed by atoms with Gasteiger partial charge in [0.2, 0.25) is 5.91 Å². The average molecular weight is 282 g/mol. The smallest absolute Gasteiger partial charge is 0.220 e. The van der Waals surface area contributed by atoms with Crippen LogP contribution in [-0.2, 0) is 11.2 Å². The van der Waals surface area contributed by atoms with Crippen molar-refractivity contribution >= 4 is 17.2 Å². The number of carbonyl (C=O) groups excluding carboxylic acids is 1. The van der Waals surface area contributed by atoms with Crippen LogP contribution in [0.4, 0.5) is 0 Å². The summed E-state index contributed by atoms with van der Waals surface area (Å²) in [7, 11) is 0. The lowest BCUT2D eigenvalue weighted by Gasteiger charge is -2.27. The molecule has 1 amide bonds. The summed E-state index contributed by atoms with van der Waals surface area (Å²) in [4.78, 5) is 15.9. The van der Waals surface area contributed by atoms with Crippen LogP contribution in [0.1, 0.15) is 43.5 Å². The molecule has 2 N–H and O–H groups in total. The van der Waals surface area contributed by atoms with Crippen LogP contribution in [0.2, 0.25) is 0 Å². The quantitative estimate of drug-likeness (QED) is 0.840. The van der Waals surface area contributed by atoms with E-state index in [0.717, 1.165) is 37.1 Å². The van der Waals surface area contributed by atoms with Gasteiger partial charge >= 0.3 is 0 Å². The summed E-state index contributed by atoms with van der Waals surface area (Å²) in [5.41, 5.74) is 0. The molecule has 4 nitrogen and oxygen atoms in total. The maximum absolute atomic E-state index is 11.7. The minimum Gasteiger partial charge on any atom is -0.393 e. The molecule has 1 fully saturated rings. The Hall–Kier alpha value is -0.940. The number of aliphatic hydroxyl groups is 1. The van der Waals surface area contributed by atoms with Crippen LogP contribution in [0.25, 0.3) is 0 Å². The Morgan fingerprint density at radius 1 is 1.47 bits per heavy atom. The van der Waals surface area contributed by atoms with Gasteiger partial charge in [0.25, 0.3) is 0 Å². The number of aliphatic hydroxyl groups excluding tert-OH is 1. The Labute approximate surface area is 118 Å². The highest BCUT2D eigenvalue weighted by Gasteiger charge is 2.23. The fourth-order valence-electron chi connectivity index (χ4n) is 2.54. The topological polar surface area (TPSA) is 62.2 Å². The van der Waals surface area contributed by atoms with Crippen LogP contribution in [0, 0.1) is 5.92 Å². The number of amides is 1. The van der Waals surface area contributed by atoms with Crippen molar-refractivity contribution in [3.63, 3.8) is 0 Å². The number of nitrogens with one attached hydrogen (secondary N) is 1. The number of nitrogens with zero attached hydrogens (tertiary/aromatic N) is 1. The third-order valence-electron chi connectivity index (χ3n) is 3.71. The Balaban J connectivity index is 1.59. The van der Waals surface area contributed by atoms with Gasteiger partial charge in [-0.1, -0.05) is 12.8 Å². The number of aromatic nitrogens is 1. The molecule has 0 saturated heterocycles. The number of aryl methyl sites for hydroxylation is 1. The van der Waals surface area contributed by atoms with E-state index in [4.69, 9.17) is 0 Å². The zero-order valence-corrected chi connectivity index (χ0v) is 12.0. The van der Waals surface area contributed by atoms with Gasteiger partial charge in [-0.05, 0) is 25.7 Å². The van der Waals surface area contributed by atoms with E-state index in [0.29, 0.717) is 13.0 Å². The lowest BCUT2D eigenvalue weighted by molar-refractivity contribution is -0.121. The van der Waals surface area contributed by atoms with E-state index in [1.54, 1.807) is 17.5 Å². The first-order chi connectivity index (χ1) is 9.25. The maximum Gasteiger partial charge on any atom is 0.220 e. The first-order valence-electron chi connectivity index (χ1n) is 7.09. The third-order valence-corrected chi connectivity index (χ3v) is 4.55. The second-order valence-electron chi connectivity index (χ2n) is 5.20. The molecule has 1 aliphatic rings. The molecule has 2 atom stereocenters. The molecule has 0 aromatic carbocycles. The summed E-state index contributed by atoms with van der Waals surface area (Å²) >= 11 is 1.64. The normalized spacial score (nSPS) is 23.2. The molecule has 19 heavy (non-hydrogen) atoms. The summed E-state index contributed by atoms with van der Waals surface area (Å²) in [6, 6.07) is 0. The Bertz CT molecular complexity index is 381. The van der Waals surface area contributed by atoms with Crippen molar-refractivity contribution < 1.29 is 9.90 Å². The molecule has 1 aliphatic carbocycles. The van der Waals surface area contributed by atoms with Gasteiger partial charge in [0.15, 0.2) is 0 Å². The summed E-state index contributed by atoms with van der Waals surface area (Å²) in [6.45, 7) is 0.622. The first-order valence-corrected chi connectivity index (χ1v) is 7.97. The molecule has 1 heterocycles. The van der Waals surface area contributed by atoms with Crippen LogP contribution < -0.4 is 5.32 Å². The number of hydrogen-bond acceptors (Lipinski definition) is 4. The Morgan fingerprint density at radius 3 is 3.05 bits per heavy atom. The minimum absolute atomic E-state index is 0.0920. The molecule has 0 bridgehead atoms. The largest absolute Gasteiger partial charge is 0.393 e. The van der Waals surface area contributed by atoms with Crippen LogP contribution in [0.3, 0.4) is 0 Å². The molecule has 2 rings (SSSR count). The summed E-state index contributed by atoms with van der Waals surface area (Å²) in [5, 5.41) is 15.8. The van der Waals surface area contributed by atoms with Crippen molar-refractivity contribution in [2.75, 3.05) is 6.54 Å². The number of rotatable bonds is 6. The fraction of sp³-hybridized carbons (Fsp3) is 0.714. The van der Waals surface area contributed by atoms with Crippen LogP contribution >= 0.6 is 11.3 Å². The van der Waals surface area contributed by atoms with Crippen molar-refractivity contribution in [2.45, 2.75) is 51.0 Å². The third kappa shape index (κ3) is 4.91. The zero-order chi connectivity index (χ0) is 13.5. The standard InChI is InChI=1S/C14H22N2O2S/c17-12-5-2-1-4-11(12)10-16-13(18)6-3-7-14-15-8-9-19-14/h8-9,11-12,17H,1-7,10H2,(H,16,18)/t11-,12-/m1/s1. The fourth-order valence-corrected chi connectivity index (χ4v) is 3.20. The summed E-state index contributed by atoms with van der Waals surface area (Å²) in [5.74, 6) is 0.339. The predicted molar refractivity (Wildman–Crippen MR) is 76.0 cm³/mol. The molecule has 0 spiro atoms. The molecular formula is C14H22N2O2S. The lowest BCUT2D eigenvalue weighted by atomic mass is 9.86. The van der Waals surface area contributed by atoms with Gasteiger partial charge in [-0.3, -0.25) is 4.79 Å². The van der Waals surface area contributed by atoms with Crippen LogP contribution in [-0.4, -0.2) is 28.6 Å². The SMILES string of the molecule is O=C(CCCc1nccs1)NC[C@H]1CCCC[C@H]1O. The Morgan fingerprint density at radius 2 is 2.32 bits per heavy atom. The van der Waals surface area contributed by atoms with Crippen molar-refractivity contribution in [2.24, 2.45) is 5.92 Å². The molecule has 1 saturated carbocycles. The van der Waals surface area contributed by atoms with E-state index in [9.17, 15) is 9.90 Å². The molecule has 1 aromatic heterocycles. The second kappa shape index (κ2) is 7.60. The average Bonchev–Trinajstić information content (AvgIpc) is 2.91. The van der Waals surface area contributed by atoms with Gasteiger partial charge in [0.1, 0.15) is 0 Å². The van der Waals surface area contributed by atoms with Crippen molar-refractivity contribution in [3.05, 3.63) is 16.6 Å². The van der Waals surface area contributed by atoms with Gasteiger partial charge in [-0.25, -0.2) is 4.98 Å². The van der Waals surface area contributed by atoms with Gasteiger partial charge in [0.05, 0.1) is 11.1 Å². The van der Waals surface area contributed by atoms with Crippen molar-refractivity contribution in [1.29, 1.82) is 0 Å². The van der Waals surface area contributed by atoms with Crippen LogP contribution in [0.5, 0.6) is 0 Å². The lowest BCUT2D eigenvalue weighted by Crippen LogP contribution is -2.36. The predicted octanol–water partition coefficient (Wildman–Crippen LogP) is 2.13. The first kappa shape index (κ1) is 14.5. The van der Waals surface area contributed by atoms with Gasteiger partial charge in [-0.15, -0.1) is 11.3 Å². The second-order valence-corrected chi connectivity index (χ2v) is 6.17. The Kier molecular flexibility index (Phi) is 5.79. The van der Waals surface area contributed by atoms with Crippen molar-refractivity contribution in [3.8, 4) is 0 Å². The number of carbonyl (C=O) groups is 1. The minimum atomic E-state index is -0.232. The maximum atomic E-state index is 11.7. The van der Waals surface area contributed by atoms with E-state index in [-0.39, 0.29) is 17.9 Å². The van der Waals surface area contributed by atoms with Gasteiger partial charge < -0.3 is 10.4 Å². The molecule has 0 aliphatic heterocycles. The zero-order valence-electron chi connectivity index (χ0n) is 11.2. The summed E-state index contributed by atoms with van der Waals surface area (Å²) in [6.07, 6.45) is 8.01. The monoisotopic (exact) mass is 282 g/mol. The van der Waals surface area contributed by atoms with E-state index >= 15 is 0 Å².